The molecule has 0 unspecified atom stereocenters. The number of hydrogen-bond acceptors (Lipinski definition) is 5. The van der Waals surface area contributed by atoms with Crippen molar-refractivity contribution in [2.45, 2.75) is 38.5 Å². The number of thiazole rings is 1. The average molecular weight is 254 g/mol. The van der Waals surface area contributed by atoms with Crippen LogP contribution in [0.15, 0.2) is 0 Å². The SMILES string of the molecule is COC(=O)c1nc(C2CCC(C)CC2)sc1N. The molecule has 2 rings (SSSR count). The maximum Gasteiger partial charge on any atom is 0.359 e. The topological polar surface area (TPSA) is 65.2 Å². The van der Waals surface area contributed by atoms with Crippen LogP contribution in [0.25, 0.3) is 0 Å². The zero-order chi connectivity index (χ0) is 12.4. The third kappa shape index (κ3) is 2.60. The molecule has 0 atom stereocenters. The van der Waals surface area contributed by atoms with Crippen LogP contribution < -0.4 is 5.73 Å². The molecule has 1 heterocycles. The van der Waals surface area contributed by atoms with Crippen molar-refractivity contribution >= 4 is 22.3 Å². The van der Waals surface area contributed by atoms with Gasteiger partial charge in [0.25, 0.3) is 0 Å². The Morgan fingerprint density at radius 3 is 2.65 bits per heavy atom. The standard InChI is InChI=1S/C12H18N2O2S/c1-7-3-5-8(6-4-7)11-14-9(10(13)17-11)12(15)16-2/h7-8H,3-6,13H2,1-2H3. The summed E-state index contributed by atoms with van der Waals surface area (Å²) in [5.41, 5.74) is 6.09. The van der Waals surface area contributed by atoms with Crippen LogP contribution in [-0.4, -0.2) is 18.1 Å². The minimum atomic E-state index is -0.436. The highest BCUT2D eigenvalue weighted by molar-refractivity contribution is 7.16. The lowest BCUT2D eigenvalue weighted by Crippen LogP contribution is -2.11. The second kappa shape index (κ2) is 5.04. The van der Waals surface area contributed by atoms with Crippen LogP contribution in [0, 0.1) is 5.92 Å². The Morgan fingerprint density at radius 2 is 2.06 bits per heavy atom. The van der Waals surface area contributed by atoms with Crippen LogP contribution in [0.1, 0.15) is 54.0 Å². The van der Waals surface area contributed by atoms with Crippen LogP contribution >= 0.6 is 11.3 Å². The van der Waals surface area contributed by atoms with Crippen LogP contribution in [0.4, 0.5) is 5.00 Å². The molecule has 0 amide bonds. The number of hydrogen-bond donors (Lipinski definition) is 1. The molecule has 1 aliphatic rings. The first kappa shape index (κ1) is 12.4. The van der Waals surface area contributed by atoms with Crippen molar-refractivity contribution in [1.29, 1.82) is 0 Å². The van der Waals surface area contributed by atoms with E-state index in [0.717, 1.165) is 23.8 Å². The van der Waals surface area contributed by atoms with Gasteiger partial charge in [-0.2, -0.15) is 0 Å². The van der Waals surface area contributed by atoms with Gasteiger partial charge in [-0.1, -0.05) is 19.8 Å². The summed E-state index contributed by atoms with van der Waals surface area (Å²) in [7, 11) is 1.35. The molecule has 1 fully saturated rings. The molecule has 0 spiro atoms. The summed E-state index contributed by atoms with van der Waals surface area (Å²) in [6.07, 6.45) is 4.76. The van der Waals surface area contributed by atoms with E-state index in [2.05, 4.69) is 16.6 Å². The maximum atomic E-state index is 11.4. The number of nitrogens with zero attached hydrogens (tertiary/aromatic N) is 1. The summed E-state index contributed by atoms with van der Waals surface area (Å²) in [5.74, 6) is 0.842. The van der Waals surface area contributed by atoms with E-state index in [4.69, 9.17) is 5.73 Å². The van der Waals surface area contributed by atoms with E-state index in [1.54, 1.807) is 0 Å². The fourth-order valence-electron chi connectivity index (χ4n) is 2.27. The number of nitrogens with two attached hydrogens (primary N) is 1. The molecule has 0 aromatic carbocycles. The molecule has 17 heavy (non-hydrogen) atoms. The molecule has 5 heteroatoms. The lowest BCUT2D eigenvalue weighted by atomic mass is 9.83. The number of methoxy groups -OCH3 is 1. The summed E-state index contributed by atoms with van der Waals surface area (Å²) < 4.78 is 4.66. The van der Waals surface area contributed by atoms with Gasteiger partial charge in [-0.15, -0.1) is 11.3 Å². The molecule has 1 aromatic heterocycles. The summed E-state index contributed by atoms with van der Waals surface area (Å²) in [6.45, 7) is 2.28. The van der Waals surface area contributed by atoms with Gasteiger partial charge in [0.2, 0.25) is 0 Å². The van der Waals surface area contributed by atoms with Crippen LogP contribution in [0.2, 0.25) is 0 Å². The van der Waals surface area contributed by atoms with E-state index in [0.29, 0.717) is 10.9 Å². The predicted octanol–water partition coefficient (Wildman–Crippen LogP) is 2.81. The Morgan fingerprint density at radius 1 is 1.41 bits per heavy atom. The fourth-order valence-corrected chi connectivity index (χ4v) is 3.26. The molecular weight excluding hydrogens is 236 g/mol. The Hall–Kier alpha value is -1.10. The highest BCUT2D eigenvalue weighted by atomic mass is 32.1. The highest BCUT2D eigenvalue weighted by Crippen LogP contribution is 2.38. The molecule has 1 aliphatic carbocycles. The van der Waals surface area contributed by atoms with Crippen LogP contribution in [-0.2, 0) is 4.74 Å². The van der Waals surface area contributed by atoms with E-state index in [1.807, 2.05) is 0 Å². The van der Waals surface area contributed by atoms with Crippen molar-refractivity contribution < 1.29 is 9.53 Å². The monoisotopic (exact) mass is 254 g/mol. The number of ether oxygens (including phenoxy) is 1. The van der Waals surface area contributed by atoms with Crippen LogP contribution in [0.3, 0.4) is 0 Å². The van der Waals surface area contributed by atoms with Gasteiger partial charge in [-0.05, 0) is 18.8 Å². The molecule has 1 saturated carbocycles. The van der Waals surface area contributed by atoms with E-state index in [-0.39, 0.29) is 5.69 Å². The van der Waals surface area contributed by atoms with Gasteiger partial charge in [-0.3, -0.25) is 0 Å². The van der Waals surface area contributed by atoms with E-state index >= 15 is 0 Å². The highest BCUT2D eigenvalue weighted by Gasteiger charge is 2.25. The number of esters is 1. The zero-order valence-electron chi connectivity index (χ0n) is 10.2. The van der Waals surface area contributed by atoms with Gasteiger partial charge in [0.15, 0.2) is 5.69 Å². The summed E-state index contributed by atoms with van der Waals surface area (Å²) in [4.78, 5) is 15.8. The first-order chi connectivity index (χ1) is 8.11. The third-order valence-electron chi connectivity index (χ3n) is 3.41. The van der Waals surface area contributed by atoms with E-state index in [1.165, 1.54) is 31.3 Å². The van der Waals surface area contributed by atoms with Crippen LogP contribution in [0.5, 0.6) is 0 Å². The van der Waals surface area contributed by atoms with Gasteiger partial charge < -0.3 is 10.5 Å². The normalized spacial score (nSPS) is 24.6. The molecule has 94 valence electrons. The second-order valence-corrected chi connectivity index (χ2v) is 5.78. The lowest BCUT2D eigenvalue weighted by Gasteiger charge is -2.24. The van der Waals surface area contributed by atoms with Crippen molar-refractivity contribution in [1.82, 2.24) is 4.98 Å². The molecule has 0 saturated heterocycles. The van der Waals surface area contributed by atoms with Crippen molar-refractivity contribution in [3.05, 3.63) is 10.7 Å². The van der Waals surface area contributed by atoms with Crippen molar-refractivity contribution in [2.24, 2.45) is 5.92 Å². The van der Waals surface area contributed by atoms with Gasteiger partial charge in [-0.25, -0.2) is 9.78 Å². The molecule has 2 N–H and O–H groups in total. The smallest absolute Gasteiger partial charge is 0.359 e. The number of carbonyl (C=O) groups excluding carboxylic acids is 1. The van der Waals surface area contributed by atoms with Gasteiger partial charge in [0.05, 0.1) is 12.1 Å². The van der Waals surface area contributed by atoms with Crippen molar-refractivity contribution in [3.63, 3.8) is 0 Å². The molecule has 4 nitrogen and oxygen atoms in total. The van der Waals surface area contributed by atoms with Gasteiger partial charge in [0, 0.05) is 5.92 Å². The summed E-state index contributed by atoms with van der Waals surface area (Å²) >= 11 is 1.43. The Balaban J connectivity index is 2.14. The zero-order valence-corrected chi connectivity index (χ0v) is 11.0. The molecular formula is C12H18N2O2S. The lowest BCUT2D eigenvalue weighted by molar-refractivity contribution is 0.0596. The number of anilines is 1. The molecule has 0 radical (unpaired) electrons. The number of nitrogen functional groups attached to an aromatic ring is 1. The minimum Gasteiger partial charge on any atom is -0.464 e. The molecule has 1 aromatic rings. The Labute approximate surface area is 105 Å². The first-order valence-electron chi connectivity index (χ1n) is 5.96. The molecule has 0 bridgehead atoms. The Bertz CT molecular complexity index is 409. The van der Waals surface area contributed by atoms with Gasteiger partial charge >= 0.3 is 5.97 Å². The number of aromatic nitrogens is 1. The molecule has 0 aliphatic heterocycles. The van der Waals surface area contributed by atoms with E-state index in [9.17, 15) is 4.79 Å². The summed E-state index contributed by atoms with van der Waals surface area (Å²) in [5, 5.41) is 1.47. The van der Waals surface area contributed by atoms with Crippen molar-refractivity contribution in [2.75, 3.05) is 12.8 Å². The largest absolute Gasteiger partial charge is 0.464 e. The second-order valence-electron chi connectivity index (χ2n) is 4.71. The quantitative estimate of drug-likeness (QED) is 0.824. The fraction of sp³-hybridized carbons (Fsp3) is 0.667. The predicted molar refractivity (Wildman–Crippen MR) is 68.2 cm³/mol. The van der Waals surface area contributed by atoms with Gasteiger partial charge in [0.1, 0.15) is 5.00 Å². The summed E-state index contributed by atoms with van der Waals surface area (Å²) in [6, 6.07) is 0. The number of carbonyl (C=O) groups is 1. The maximum absolute atomic E-state index is 11.4. The third-order valence-corrected chi connectivity index (χ3v) is 4.46. The van der Waals surface area contributed by atoms with E-state index < -0.39 is 5.97 Å². The van der Waals surface area contributed by atoms with Crippen molar-refractivity contribution in [3.8, 4) is 0 Å². The number of rotatable bonds is 2. The minimum absolute atomic E-state index is 0.283. The first-order valence-corrected chi connectivity index (χ1v) is 6.78. The average Bonchev–Trinajstić information content (AvgIpc) is 2.71. The Kier molecular flexibility index (Phi) is 3.66.